The number of carbonyl (C=O) groups is 1. The molecule has 6 heteroatoms. The molecule has 140 valence electrons. The average molecular weight is 407 g/mol. The molecule has 0 fully saturated rings. The van der Waals surface area contributed by atoms with Gasteiger partial charge in [0.25, 0.3) is 5.91 Å². The molecule has 0 aliphatic heterocycles. The number of hydrogen-bond acceptors (Lipinski definition) is 5. The smallest absolute Gasteiger partial charge is 0.257 e. The minimum Gasteiger partial charge on any atom is -0.495 e. The van der Waals surface area contributed by atoms with Gasteiger partial charge in [-0.15, -0.1) is 11.3 Å². The van der Waals surface area contributed by atoms with Gasteiger partial charge in [-0.05, 0) is 54.3 Å². The summed E-state index contributed by atoms with van der Waals surface area (Å²) in [6, 6.07) is 17.6. The number of aryl methyl sites for hydroxylation is 1. The molecule has 0 saturated heterocycles. The number of rotatable bonds is 5. The van der Waals surface area contributed by atoms with E-state index >= 15 is 0 Å². The van der Waals surface area contributed by atoms with Gasteiger partial charge >= 0.3 is 0 Å². The van der Waals surface area contributed by atoms with E-state index in [0.29, 0.717) is 16.6 Å². The molecule has 2 aromatic heterocycles. The highest BCUT2D eigenvalue weighted by atomic mass is 32.1. The normalized spacial score (nSPS) is 11.2. The van der Waals surface area contributed by atoms with E-state index in [9.17, 15) is 4.79 Å². The van der Waals surface area contributed by atoms with Crippen molar-refractivity contribution in [2.24, 2.45) is 0 Å². The van der Waals surface area contributed by atoms with E-state index in [1.54, 1.807) is 29.4 Å². The van der Waals surface area contributed by atoms with Gasteiger partial charge in [-0.2, -0.15) is 0 Å². The number of carbonyl (C=O) groups excluding carboxylic acids is 1. The number of thiophene rings is 1. The Bertz CT molecular complexity index is 1110. The molecule has 0 aliphatic rings. The number of benzene rings is 2. The molecular formula is C22H18N2O2S2. The molecule has 1 amide bonds. The maximum Gasteiger partial charge on any atom is 0.257 e. The van der Waals surface area contributed by atoms with Crippen molar-refractivity contribution in [1.82, 2.24) is 4.98 Å². The summed E-state index contributed by atoms with van der Waals surface area (Å²) in [5, 5.41) is 2.60. The molecule has 0 unspecified atom stereocenters. The second kappa shape index (κ2) is 7.96. The van der Waals surface area contributed by atoms with Gasteiger partial charge in [0.2, 0.25) is 0 Å². The fraction of sp³-hybridized carbons (Fsp3) is 0.0909. The number of para-hydroxylation sites is 1. The van der Waals surface area contributed by atoms with Crippen molar-refractivity contribution in [2.45, 2.75) is 6.92 Å². The summed E-state index contributed by atoms with van der Waals surface area (Å²) >= 11 is 3.07. The lowest BCUT2D eigenvalue weighted by Gasteiger charge is -2.21. The SMILES string of the molecule is COc1ccc(C)cc1N(C(=O)/C=C/c1cccs1)c1nc2ccccc2s1. The van der Waals surface area contributed by atoms with Gasteiger partial charge < -0.3 is 4.74 Å². The Hall–Kier alpha value is -2.96. The van der Waals surface area contributed by atoms with Crippen LogP contribution in [0.5, 0.6) is 5.75 Å². The minimum absolute atomic E-state index is 0.170. The van der Waals surface area contributed by atoms with E-state index in [1.165, 1.54) is 11.3 Å². The first kappa shape index (κ1) is 18.4. The summed E-state index contributed by atoms with van der Waals surface area (Å²) in [5.74, 6) is 0.457. The maximum atomic E-state index is 13.3. The van der Waals surface area contributed by atoms with E-state index in [0.717, 1.165) is 20.7 Å². The molecule has 0 spiro atoms. The molecule has 0 aliphatic carbocycles. The molecular weight excluding hydrogens is 388 g/mol. The lowest BCUT2D eigenvalue weighted by molar-refractivity contribution is -0.113. The average Bonchev–Trinajstić information content (AvgIpc) is 3.36. The van der Waals surface area contributed by atoms with Crippen molar-refractivity contribution in [1.29, 1.82) is 0 Å². The molecule has 0 atom stereocenters. The van der Waals surface area contributed by atoms with Crippen molar-refractivity contribution in [2.75, 3.05) is 12.0 Å². The number of anilines is 2. The Kier molecular flexibility index (Phi) is 5.23. The summed E-state index contributed by atoms with van der Waals surface area (Å²) in [6.45, 7) is 1.99. The van der Waals surface area contributed by atoms with Crippen LogP contribution in [0.25, 0.3) is 16.3 Å². The second-order valence-electron chi connectivity index (χ2n) is 6.16. The zero-order valence-electron chi connectivity index (χ0n) is 15.5. The van der Waals surface area contributed by atoms with Crippen molar-refractivity contribution in [3.05, 3.63) is 76.5 Å². The van der Waals surface area contributed by atoms with Crippen LogP contribution in [0, 0.1) is 6.92 Å². The molecule has 4 aromatic rings. The van der Waals surface area contributed by atoms with Crippen molar-refractivity contribution in [3.63, 3.8) is 0 Å². The predicted octanol–water partition coefficient (Wildman–Crippen LogP) is 6.05. The molecule has 0 radical (unpaired) electrons. The number of methoxy groups -OCH3 is 1. The largest absolute Gasteiger partial charge is 0.495 e. The van der Waals surface area contributed by atoms with Crippen LogP contribution >= 0.6 is 22.7 Å². The number of ether oxygens (including phenoxy) is 1. The Labute approximate surface area is 171 Å². The highest BCUT2D eigenvalue weighted by Gasteiger charge is 2.23. The zero-order chi connectivity index (χ0) is 19.5. The monoisotopic (exact) mass is 406 g/mol. The molecule has 0 bridgehead atoms. The molecule has 4 nitrogen and oxygen atoms in total. The van der Waals surface area contributed by atoms with Crippen LogP contribution in [0.4, 0.5) is 10.8 Å². The van der Waals surface area contributed by atoms with Crippen LogP contribution in [-0.4, -0.2) is 18.0 Å². The quantitative estimate of drug-likeness (QED) is 0.379. The first-order chi connectivity index (χ1) is 13.7. The van der Waals surface area contributed by atoms with Crippen LogP contribution < -0.4 is 9.64 Å². The third kappa shape index (κ3) is 3.69. The molecule has 2 heterocycles. The van der Waals surface area contributed by atoms with Gasteiger partial charge in [0.15, 0.2) is 5.13 Å². The van der Waals surface area contributed by atoms with Crippen LogP contribution in [0.15, 0.2) is 66.1 Å². The topological polar surface area (TPSA) is 42.4 Å². The summed E-state index contributed by atoms with van der Waals surface area (Å²) < 4.78 is 6.57. The summed E-state index contributed by atoms with van der Waals surface area (Å²) in [4.78, 5) is 20.6. The number of aromatic nitrogens is 1. The summed E-state index contributed by atoms with van der Waals surface area (Å²) in [6.07, 6.45) is 3.41. The Morgan fingerprint density at radius 2 is 2.00 bits per heavy atom. The fourth-order valence-electron chi connectivity index (χ4n) is 2.86. The highest BCUT2D eigenvalue weighted by molar-refractivity contribution is 7.22. The van der Waals surface area contributed by atoms with E-state index in [1.807, 2.05) is 73.0 Å². The van der Waals surface area contributed by atoms with Crippen LogP contribution in [0.1, 0.15) is 10.4 Å². The van der Waals surface area contributed by atoms with E-state index in [-0.39, 0.29) is 5.91 Å². The fourth-order valence-corrected chi connectivity index (χ4v) is 4.46. The molecule has 2 aromatic carbocycles. The predicted molar refractivity (Wildman–Crippen MR) is 118 cm³/mol. The number of amides is 1. The van der Waals surface area contributed by atoms with Crippen molar-refractivity contribution < 1.29 is 9.53 Å². The van der Waals surface area contributed by atoms with Gasteiger partial charge in [-0.25, -0.2) is 9.88 Å². The van der Waals surface area contributed by atoms with Crippen molar-refractivity contribution in [3.8, 4) is 5.75 Å². The minimum atomic E-state index is -0.170. The molecule has 4 rings (SSSR count). The third-order valence-electron chi connectivity index (χ3n) is 4.20. The van der Waals surface area contributed by atoms with Crippen molar-refractivity contribution >= 4 is 55.7 Å². The first-order valence-corrected chi connectivity index (χ1v) is 10.4. The number of fused-ring (bicyclic) bond motifs is 1. The molecule has 28 heavy (non-hydrogen) atoms. The van der Waals surface area contributed by atoms with Gasteiger partial charge in [0.05, 0.1) is 23.0 Å². The summed E-state index contributed by atoms with van der Waals surface area (Å²) in [7, 11) is 1.61. The zero-order valence-corrected chi connectivity index (χ0v) is 17.1. The Morgan fingerprint density at radius 1 is 1.14 bits per heavy atom. The van der Waals surface area contributed by atoms with Gasteiger partial charge in [-0.3, -0.25) is 4.79 Å². The van der Waals surface area contributed by atoms with Crippen LogP contribution in [-0.2, 0) is 4.79 Å². The van der Waals surface area contributed by atoms with E-state index < -0.39 is 0 Å². The van der Waals surface area contributed by atoms with Gasteiger partial charge in [-0.1, -0.05) is 35.6 Å². The standard InChI is InChI=1S/C22H18N2O2S2/c1-15-9-11-19(26-2)18(14-15)24(21(25)12-10-16-6-5-13-27-16)22-23-17-7-3-4-8-20(17)28-22/h3-14H,1-2H3/b12-10+. The first-order valence-electron chi connectivity index (χ1n) is 8.71. The van der Waals surface area contributed by atoms with Gasteiger partial charge in [0.1, 0.15) is 5.75 Å². The maximum absolute atomic E-state index is 13.3. The molecule has 0 saturated carbocycles. The van der Waals surface area contributed by atoms with Crippen LogP contribution in [0.3, 0.4) is 0 Å². The highest BCUT2D eigenvalue weighted by Crippen LogP contribution is 2.38. The van der Waals surface area contributed by atoms with Gasteiger partial charge in [0, 0.05) is 11.0 Å². The van der Waals surface area contributed by atoms with E-state index in [2.05, 4.69) is 0 Å². The molecule has 0 N–H and O–H groups in total. The summed E-state index contributed by atoms with van der Waals surface area (Å²) in [5.41, 5.74) is 2.59. The number of nitrogens with zero attached hydrogens (tertiary/aromatic N) is 2. The number of hydrogen-bond donors (Lipinski definition) is 0. The second-order valence-corrected chi connectivity index (χ2v) is 8.15. The third-order valence-corrected chi connectivity index (χ3v) is 6.06. The van der Waals surface area contributed by atoms with Crippen LogP contribution in [0.2, 0.25) is 0 Å². The number of thiazole rings is 1. The lowest BCUT2D eigenvalue weighted by Crippen LogP contribution is -2.24. The Morgan fingerprint density at radius 3 is 2.75 bits per heavy atom. The van der Waals surface area contributed by atoms with E-state index in [4.69, 9.17) is 9.72 Å². The lowest BCUT2D eigenvalue weighted by atomic mass is 10.2. The Balaban J connectivity index is 1.83.